The maximum absolute atomic E-state index is 6.18. The smallest absolute Gasteiger partial charge is 0.137 e. The minimum atomic E-state index is 0.194. The minimum absolute atomic E-state index is 0.194. The van der Waals surface area contributed by atoms with Gasteiger partial charge in [-0.05, 0) is 19.9 Å². The van der Waals surface area contributed by atoms with E-state index in [4.69, 9.17) is 11.6 Å². The predicted octanol–water partition coefficient (Wildman–Crippen LogP) is 3.26. The number of hydrogen-bond donors (Lipinski definition) is 1. The van der Waals surface area contributed by atoms with Gasteiger partial charge in [-0.1, -0.05) is 25.4 Å². The molecule has 1 unspecified atom stereocenters. The Labute approximate surface area is 124 Å². The molecular formula is C14H20ClN5. The van der Waals surface area contributed by atoms with Crippen LogP contribution >= 0.6 is 11.6 Å². The Kier molecular flexibility index (Phi) is 4.60. The molecule has 5 nitrogen and oxygen atoms in total. The first kappa shape index (κ1) is 14.8. The molecule has 0 aliphatic rings. The highest BCUT2D eigenvalue weighted by molar-refractivity contribution is 6.30. The fraction of sp³-hybridized carbons (Fsp3) is 0.500. The minimum Gasteiger partial charge on any atom is -0.365 e. The van der Waals surface area contributed by atoms with Crippen LogP contribution in [0.25, 0.3) is 0 Å². The van der Waals surface area contributed by atoms with Gasteiger partial charge in [-0.15, -0.1) is 0 Å². The number of rotatable bonds is 5. The van der Waals surface area contributed by atoms with Gasteiger partial charge in [0, 0.05) is 29.9 Å². The molecule has 2 heterocycles. The lowest BCUT2D eigenvalue weighted by Gasteiger charge is -2.18. The topological polar surface area (TPSA) is 55.6 Å². The van der Waals surface area contributed by atoms with Crippen molar-refractivity contribution in [2.24, 2.45) is 0 Å². The zero-order valence-corrected chi connectivity index (χ0v) is 13.0. The van der Waals surface area contributed by atoms with Crippen LogP contribution in [0.15, 0.2) is 18.5 Å². The molecule has 1 atom stereocenters. The fourth-order valence-electron chi connectivity index (χ4n) is 1.87. The average molecular weight is 294 g/mol. The molecular weight excluding hydrogens is 274 g/mol. The van der Waals surface area contributed by atoms with E-state index in [9.17, 15) is 0 Å². The van der Waals surface area contributed by atoms with Crippen molar-refractivity contribution < 1.29 is 0 Å². The molecule has 0 saturated heterocycles. The normalized spacial score (nSPS) is 12.7. The number of aromatic nitrogens is 4. The van der Waals surface area contributed by atoms with Gasteiger partial charge < -0.3 is 5.32 Å². The standard InChI is InChI=1S/C14H20ClN5/c1-9(2)13-18-12(15)11(4)14(19-13)17-10(3)8-20-7-5-6-16-20/h5-7,9-10H,8H2,1-4H3,(H,17,18,19). The maximum Gasteiger partial charge on any atom is 0.137 e. The summed E-state index contributed by atoms with van der Waals surface area (Å²) in [4.78, 5) is 8.88. The van der Waals surface area contributed by atoms with Crippen molar-refractivity contribution in [3.8, 4) is 0 Å². The first-order chi connectivity index (χ1) is 9.47. The Morgan fingerprint density at radius 2 is 2.05 bits per heavy atom. The molecule has 0 aromatic carbocycles. The van der Waals surface area contributed by atoms with Gasteiger partial charge in [-0.3, -0.25) is 4.68 Å². The predicted molar refractivity (Wildman–Crippen MR) is 81.2 cm³/mol. The highest BCUT2D eigenvalue weighted by Gasteiger charge is 2.13. The third-order valence-corrected chi connectivity index (χ3v) is 3.39. The van der Waals surface area contributed by atoms with Crippen molar-refractivity contribution in [3.05, 3.63) is 35.0 Å². The van der Waals surface area contributed by atoms with Crippen LogP contribution in [-0.2, 0) is 6.54 Å². The van der Waals surface area contributed by atoms with Crippen LogP contribution in [0, 0.1) is 6.92 Å². The summed E-state index contributed by atoms with van der Waals surface area (Å²) in [5.41, 5.74) is 0.878. The first-order valence-electron chi connectivity index (χ1n) is 6.75. The van der Waals surface area contributed by atoms with Gasteiger partial charge in [-0.25, -0.2) is 9.97 Å². The molecule has 108 valence electrons. The second-order valence-corrected chi connectivity index (χ2v) is 5.63. The van der Waals surface area contributed by atoms with Crippen molar-refractivity contribution >= 4 is 17.4 Å². The molecule has 0 aliphatic heterocycles. The van der Waals surface area contributed by atoms with Crippen LogP contribution in [0.5, 0.6) is 0 Å². The quantitative estimate of drug-likeness (QED) is 0.860. The molecule has 2 aromatic heterocycles. The van der Waals surface area contributed by atoms with Crippen molar-refractivity contribution in [2.75, 3.05) is 5.32 Å². The molecule has 0 spiro atoms. The molecule has 6 heteroatoms. The maximum atomic E-state index is 6.18. The lowest BCUT2D eigenvalue weighted by Crippen LogP contribution is -2.24. The summed E-state index contributed by atoms with van der Waals surface area (Å²) >= 11 is 6.18. The molecule has 2 aromatic rings. The van der Waals surface area contributed by atoms with Gasteiger partial charge in [-0.2, -0.15) is 5.10 Å². The van der Waals surface area contributed by atoms with Crippen molar-refractivity contribution in [2.45, 2.75) is 46.2 Å². The van der Waals surface area contributed by atoms with Crippen molar-refractivity contribution in [1.82, 2.24) is 19.7 Å². The zero-order chi connectivity index (χ0) is 14.7. The lowest BCUT2D eigenvalue weighted by atomic mass is 10.2. The van der Waals surface area contributed by atoms with E-state index in [0.717, 1.165) is 23.8 Å². The summed E-state index contributed by atoms with van der Waals surface area (Å²) in [6.07, 6.45) is 3.72. The summed E-state index contributed by atoms with van der Waals surface area (Å²) in [5, 5.41) is 8.10. The van der Waals surface area contributed by atoms with Crippen LogP contribution in [0.1, 0.15) is 38.1 Å². The van der Waals surface area contributed by atoms with Crippen LogP contribution in [0.2, 0.25) is 5.15 Å². The van der Waals surface area contributed by atoms with E-state index in [2.05, 4.69) is 41.2 Å². The summed E-state index contributed by atoms with van der Waals surface area (Å²) in [6.45, 7) is 8.89. The first-order valence-corrected chi connectivity index (χ1v) is 7.13. The zero-order valence-electron chi connectivity index (χ0n) is 12.3. The molecule has 0 amide bonds. The second kappa shape index (κ2) is 6.22. The summed E-state index contributed by atoms with van der Waals surface area (Å²) < 4.78 is 1.89. The van der Waals surface area contributed by atoms with Gasteiger partial charge in [0.2, 0.25) is 0 Å². The Morgan fingerprint density at radius 1 is 1.30 bits per heavy atom. The molecule has 2 rings (SSSR count). The number of anilines is 1. The third kappa shape index (κ3) is 3.48. The SMILES string of the molecule is Cc1c(Cl)nc(C(C)C)nc1NC(C)Cn1cccn1. The van der Waals surface area contributed by atoms with E-state index in [1.165, 1.54) is 0 Å². The van der Waals surface area contributed by atoms with E-state index < -0.39 is 0 Å². The van der Waals surface area contributed by atoms with E-state index in [1.807, 2.05) is 23.9 Å². The molecule has 0 fully saturated rings. The Balaban J connectivity index is 2.15. The van der Waals surface area contributed by atoms with Gasteiger partial charge in [0.1, 0.15) is 16.8 Å². The van der Waals surface area contributed by atoms with Crippen molar-refractivity contribution in [1.29, 1.82) is 0 Å². The highest BCUT2D eigenvalue weighted by Crippen LogP contribution is 2.23. The van der Waals surface area contributed by atoms with E-state index in [-0.39, 0.29) is 12.0 Å². The molecule has 1 N–H and O–H groups in total. The third-order valence-electron chi connectivity index (χ3n) is 3.02. The van der Waals surface area contributed by atoms with Crippen LogP contribution in [-0.4, -0.2) is 25.8 Å². The van der Waals surface area contributed by atoms with Crippen LogP contribution in [0.3, 0.4) is 0 Å². The lowest BCUT2D eigenvalue weighted by molar-refractivity contribution is 0.559. The summed E-state index contributed by atoms with van der Waals surface area (Å²) in [7, 11) is 0. The molecule has 0 bridgehead atoms. The van der Waals surface area contributed by atoms with Gasteiger partial charge >= 0.3 is 0 Å². The molecule has 0 saturated carbocycles. The molecule has 20 heavy (non-hydrogen) atoms. The largest absolute Gasteiger partial charge is 0.365 e. The van der Waals surface area contributed by atoms with Gasteiger partial charge in [0.05, 0.1) is 6.54 Å². The average Bonchev–Trinajstić information content (AvgIpc) is 2.87. The van der Waals surface area contributed by atoms with E-state index in [1.54, 1.807) is 6.20 Å². The highest BCUT2D eigenvalue weighted by atomic mass is 35.5. The second-order valence-electron chi connectivity index (χ2n) is 5.27. The number of nitrogens with zero attached hydrogens (tertiary/aromatic N) is 4. The van der Waals surface area contributed by atoms with E-state index >= 15 is 0 Å². The van der Waals surface area contributed by atoms with Gasteiger partial charge in [0.15, 0.2) is 0 Å². The van der Waals surface area contributed by atoms with Crippen LogP contribution in [0.4, 0.5) is 5.82 Å². The van der Waals surface area contributed by atoms with Crippen LogP contribution < -0.4 is 5.32 Å². The number of hydrogen-bond acceptors (Lipinski definition) is 4. The molecule has 0 aliphatic carbocycles. The Bertz CT molecular complexity index is 565. The number of nitrogens with one attached hydrogen (secondary N) is 1. The fourth-order valence-corrected chi connectivity index (χ4v) is 2.05. The number of halogens is 1. The van der Waals surface area contributed by atoms with E-state index in [0.29, 0.717) is 5.15 Å². The Hall–Kier alpha value is -1.62. The van der Waals surface area contributed by atoms with Crippen molar-refractivity contribution in [3.63, 3.8) is 0 Å². The molecule has 0 radical (unpaired) electrons. The Morgan fingerprint density at radius 3 is 2.65 bits per heavy atom. The summed E-state index contributed by atoms with van der Waals surface area (Å²) in [6, 6.07) is 2.11. The monoisotopic (exact) mass is 293 g/mol. The van der Waals surface area contributed by atoms with Gasteiger partial charge in [0.25, 0.3) is 0 Å². The summed E-state index contributed by atoms with van der Waals surface area (Å²) in [5.74, 6) is 1.80.